The molecule has 1 saturated heterocycles. The fraction of sp³-hybridized carbons (Fsp3) is 0.455. The Bertz CT molecular complexity index is 1110. The number of nitrogens with zero attached hydrogens (tertiary/aromatic N) is 4. The van der Waals surface area contributed by atoms with E-state index in [-0.39, 0.29) is 6.04 Å². The van der Waals surface area contributed by atoms with Crippen molar-refractivity contribution >= 4 is 21.2 Å². The SMILES string of the molecule is Cc1cccc(S(=O)(=O)N2CCC(n3c(CC(C)C)nc4cccnc43)CC2)c1. The molecule has 4 rings (SSSR count). The Kier molecular flexibility index (Phi) is 5.44. The summed E-state index contributed by atoms with van der Waals surface area (Å²) >= 11 is 0. The quantitative estimate of drug-likeness (QED) is 0.636. The highest BCUT2D eigenvalue weighted by atomic mass is 32.2. The Morgan fingerprint density at radius 1 is 1.14 bits per heavy atom. The first-order valence-corrected chi connectivity index (χ1v) is 11.7. The van der Waals surface area contributed by atoms with Gasteiger partial charge in [0.2, 0.25) is 10.0 Å². The molecule has 1 aromatic carbocycles. The third-order valence-corrected chi connectivity index (χ3v) is 7.42. The van der Waals surface area contributed by atoms with Crippen LogP contribution in [0.3, 0.4) is 0 Å². The zero-order chi connectivity index (χ0) is 20.6. The Labute approximate surface area is 172 Å². The Balaban J connectivity index is 1.59. The van der Waals surface area contributed by atoms with Gasteiger partial charge < -0.3 is 4.57 Å². The van der Waals surface area contributed by atoms with Gasteiger partial charge in [0.15, 0.2) is 5.65 Å². The molecule has 3 heterocycles. The molecule has 0 unspecified atom stereocenters. The minimum atomic E-state index is -3.46. The molecule has 0 N–H and O–H groups in total. The summed E-state index contributed by atoms with van der Waals surface area (Å²) in [5, 5.41) is 0. The molecule has 0 spiro atoms. The molecule has 0 aliphatic carbocycles. The maximum atomic E-state index is 13.1. The van der Waals surface area contributed by atoms with Crippen LogP contribution in [0.2, 0.25) is 0 Å². The van der Waals surface area contributed by atoms with Crippen LogP contribution in [0.25, 0.3) is 11.2 Å². The first-order valence-electron chi connectivity index (χ1n) is 10.2. The summed E-state index contributed by atoms with van der Waals surface area (Å²) < 4.78 is 30.0. The van der Waals surface area contributed by atoms with Crippen molar-refractivity contribution in [3.05, 3.63) is 54.0 Å². The van der Waals surface area contributed by atoms with Crippen molar-refractivity contribution in [1.29, 1.82) is 0 Å². The fourth-order valence-corrected chi connectivity index (χ4v) is 5.71. The average Bonchev–Trinajstić information content (AvgIpc) is 3.05. The molecule has 0 amide bonds. The number of fused-ring (bicyclic) bond motifs is 1. The van der Waals surface area contributed by atoms with Crippen molar-refractivity contribution in [3.8, 4) is 0 Å². The van der Waals surface area contributed by atoms with Gasteiger partial charge in [-0.25, -0.2) is 18.4 Å². The highest BCUT2D eigenvalue weighted by Gasteiger charge is 2.31. The Morgan fingerprint density at radius 3 is 2.59 bits per heavy atom. The molecule has 7 heteroatoms. The van der Waals surface area contributed by atoms with Crippen LogP contribution in [-0.2, 0) is 16.4 Å². The summed E-state index contributed by atoms with van der Waals surface area (Å²) in [4.78, 5) is 9.78. The first-order chi connectivity index (χ1) is 13.9. The lowest BCUT2D eigenvalue weighted by Crippen LogP contribution is -2.39. The van der Waals surface area contributed by atoms with Gasteiger partial charge in [-0.05, 0) is 55.5 Å². The van der Waals surface area contributed by atoms with Gasteiger partial charge >= 0.3 is 0 Å². The van der Waals surface area contributed by atoms with Gasteiger partial charge in [0.1, 0.15) is 11.3 Å². The molecule has 0 atom stereocenters. The van der Waals surface area contributed by atoms with Gasteiger partial charge in [-0.15, -0.1) is 0 Å². The predicted octanol–water partition coefficient (Wildman–Crippen LogP) is 3.96. The molecule has 29 heavy (non-hydrogen) atoms. The number of imidazole rings is 1. The monoisotopic (exact) mass is 412 g/mol. The lowest BCUT2D eigenvalue weighted by Gasteiger charge is -2.33. The van der Waals surface area contributed by atoms with E-state index in [1.165, 1.54) is 0 Å². The third kappa shape index (κ3) is 3.94. The van der Waals surface area contributed by atoms with E-state index in [0.29, 0.717) is 23.9 Å². The minimum absolute atomic E-state index is 0.215. The lowest BCUT2D eigenvalue weighted by molar-refractivity contribution is 0.272. The molecule has 1 fully saturated rings. The van der Waals surface area contributed by atoms with E-state index in [1.54, 1.807) is 28.7 Å². The normalized spacial score (nSPS) is 16.7. The highest BCUT2D eigenvalue weighted by Crippen LogP contribution is 2.31. The molecule has 1 aliphatic rings. The number of pyridine rings is 1. The maximum absolute atomic E-state index is 13.1. The number of aromatic nitrogens is 3. The number of piperidine rings is 1. The van der Waals surface area contributed by atoms with Crippen molar-refractivity contribution in [2.75, 3.05) is 13.1 Å². The van der Waals surface area contributed by atoms with E-state index in [9.17, 15) is 8.42 Å². The van der Waals surface area contributed by atoms with Crippen molar-refractivity contribution in [2.24, 2.45) is 5.92 Å². The van der Waals surface area contributed by atoms with Crippen molar-refractivity contribution in [1.82, 2.24) is 18.8 Å². The largest absolute Gasteiger partial charge is 0.309 e. The molecule has 2 aromatic heterocycles. The van der Waals surface area contributed by atoms with Crippen LogP contribution in [0.15, 0.2) is 47.5 Å². The molecule has 6 nitrogen and oxygen atoms in total. The molecular formula is C22H28N4O2S. The van der Waals surface area contributed by atoms with Gasteiger partial charge in [-0.2, -0.15) is 4.31 Å². The van der Waals surface area contributed by atoms with E-state index in [0.717, 1.165) is 41.8 Å². The first kappa shape index (κ1) is 20.0. The van der Waals surface area contributed by atoms with Crippen LogP contribution in [0.4, 0.5) is 0 Å². The molecule has 0 bridgehead atoms. The molecule has 0 saturated carbocycles. The third-order valence-electron chi connectivity index (χ3n) is 5.53. The number of hydrogen-bond donors (Lipinski definition) is 0. The Hall–Kier alpha value is -2.25. The van der Waals surface area contributed by atoms with E-state index >= 15 is 0 Å². The maximum Gasteiger partial charge on any atom is 0.243 e. The molecule has 0 radical (unpaired) electrons. The van der Waals surface area contributed by atoms with E-state index in [4.69, 9.17) is 4.98 Å². The summed E-state index contributed by atoms with van der Waals surface area (Å²) in [6, 6.07) is 11.3. The van der Waals surface area contributed by atoms with Crippen molar-refractivity contribution in [3.63, 3.8) is 0 Å². The topological polar surface area (TPSA) is 68.1 Å². The van der Waals surface area contributed by atoms with Gasteiger partial charge in [0.25, 0.3) is 0 Å². The highest BCUT2D eigenvalue weighted by molar-refractivity contribution is 7.89. The minimum Gasteiger partial charge on any atom is -0.309 e. The number of benzene rings is 1. The van der Waals surface area contributed by atoms with Gasteiger partial charge in [-0.1, -0.05) is 26.0 Å². The van der Waals surface area contributed by atoms with Crippen LogP contribution in [0.5, 0.6) is 0 Å². The summed E-state index contributed by atoms with van der Waals surface area (Å²) in [7, 11) is -3.46. The van der Waals surface area contributed by atoms with Crippen LogP contribution in [0.1, 0.15) is 44.1 Å². The number of sulfonamides is 1. The molecular weight excluding hydrogens is 384 g/mol. The number of rotatable bonds is 5. The van der Waals surface area contributed by atoms with Crippen LogP contribution >= 0.6 is 0 Å². The summed E-state index contributed by atoms with van der Waals surface area (Å²) in [5.74, 6) is 1.54. The summed E-state index contributed by atoms with van der Waals surface area (Å²) in [5.41, 5.74) is 2.77. The smallest absolute Gasteiger partial charge is 0.243 e. The van der Waals surface area contributed by atoms with Crippen LogP contribution in [-0.4, -0.2) is 40.3 Å². The fourth-order valence-electron chi connectivity index (χ4n) is 4.13. The van der Waals surface area contributed by atoms with E-state index < -0.39 is 10.0 Å². The van der Waals surface area contributed by atoms with Crippen molar-refractivity contribution < 1.29 is 8.42 Å². The molecule has 1 aliphatic heterocycles. The zero-order valence-corrected chi connectivity index (χ0v) is 18.1. The van der Waals surface area contributed by atoms with Gasteiger partial charge in [-0.3, -0.25) is 0 Å². The van der Waals surface area contributed by atoms with Crippen LogP contribution in [0, 0.1) is 12.8 Å². The number of hydrogen-bond acceptors (Lipinski definition) is 4. The lowest BCUT2D eigenvalue weighted by atomic mass is 10.1. The molecule has 154 valence electrons. The molecule has 3 aromatic rings. The second-order valence-electron chi connectivity index (χ2n) is 8.29. The average molecular weight is 413 g/mol. The van der Waals surface area contributed by atoms with Crippen LogP contribution < -0.4 is 0 Å². The summed E-state index contributed by atoms with van der Waals surface area (Å²) in [6.45, 7) is 7.31. The second kappa shape index (κ2) is 7.88. The summed E-state index contributed by atoms with van der Waals surface area (Å²) in [6.07, 6.45) is 4.21. The Morgan fingerprint density at radius 2 is 1.90 bits per heavy atom. The number of aryl methyl sites for hydroxylation is 1. The van der Waals surface area contributed by atoms with E-state index in [1.807, 2.05) is 25.1 Å². The predicted molar refractivity (Wildman–Crippen MR) is 114 cm³/mol. The van der Waals surface area contributed by atoms with E-state index in [2.05, 4.69) is 23.4 Å². The zero-order valence-electron chi connectivity index (χ0n) is 17.2. The standard InChI is InChI=1S/C22H28N4O2S/c1-16(2)14-21-24-20-8-5-11-23-22(20)26(21)18-9-12-25(13-10-18)29(27,28)19-7-4-6-17(3)15-19/h4-8,11,15-16,18H,9-10,12-14H2,1-3H3. The second-order valence-corrected chi connectivity index (χ2v) is 10.2. The van der Waals surface area contributed by atoms with Gasteiger partial charge in [0, 0.05) is 31.7 Å². The van der Waals surface area contributed by atoms with Gasteiger partial charge in [0.05, 0.1) is 4.90 Å². The van der Waals surface area contributed by atoms with Crippen molar-refractivity contribution in [2.45, 2.75) is 51.0 Å².